The molecule has 3 heteroatoms. The normalized spacial score (nSPS) is 14.8. The predicted molar refractivity (Wildman–Crippen MR) is 149 cm³/mol. The van der Waals surface area contributed by atoms with E-state index in [1.807, 2.05) is 0 Å². The molecule has 0 atom stereocenters. The molecule has 1 heterocycles. The maximum Gasteiger partial charge on any atom is 0.119 e. The highest BCUT2D eigenvalue weighted by molar-refractivity contribution is 14.1. The Balaban J connectivity index is 1.50. The van der Waals surface area contributed by atoms with E-state index in [2.05, 4.69) is 113 Å². The third-order valence-electron chi connectivity index (χ3n) is 6.39. The van der Waals surface area contributed by atoms with Gasteiger partial charge in [0.2, 0.25) is 0 Å². The zero-order chi connectivity index (χ0) is 22.9. The van der Waals surface area contributed by atoms with E-state index < -0.39 is 0 Å². The first-order valence-electron chi connectivity index (χ1n) is 12.2. The monoisotopic (exact) mass is 551 g/mol. The molecule has 33 heavy (non-hydrogen) atoms. The van der Waals surface area contributed by atoms with Gasteiger partial charge in [-0.25, -0.2) is 0 Å². The molecule has 1 aliphatic heterocycles. The summed E-state index contributed by atoms with van der Waals surface area (Å²) in [6.07, 6.45) is 6.03. The second-order valence-corrected chi connectivity index (χ2v) is 9.95. The number of ether oxygens (including phenoxy) is 1. The standard InChI is InChI=1S/C30H34INO/c1-2-29(24-10-4-3-5-11-24)30(25-12-16-27(31)17-13-25)26-14-18-28(19-15-26)33-23-9-8-22-32-20-6-7-21-32/h3-5,10-19H,2,6-9,20-23H2,1H3/b30-29-. The van der Waals surface area contributed by atoms with Crippen LogP contribution < -0.4 is 4.74 Å². The first-order chi connectivity index (χ1) is 16.2. The predicted octanol–water partition coefficient (Wildman–Crippen LogP) is 7.92. The van der Waals surface area contributed by atoms with Gasteiger partial charge in [0, 0.05) is 3.57 Å². The fraction of sp³-hybridized carbons (Fsp3) is 0.333. The Bertz CT molecular complexity index is 1020. The minimum absolute atomic E-state index is 0.789. The molecule has 0 N–H and O–H groups in total. The van der Waals surface area contributed by atoms with Crippen molar-refractivity contribution in [2.75, 3.05) is 26.2 Å². The van der Waals surface area contributed by atoms with Crippen LogP contribution in [0.15, 0.2) is 78.9 Å². The summed E-state index contributed by atoms with van der Waals surface area (Å²) in [6, 6.07) is 28.3. The summed E-state index contributed by atoms with van der Waals surface area (Å²) in [7, 11) is 0. The van der Waals surface area contributed by atoms with Gasteiger partial charge < -0.3 is 9.64 Å². The quantitative estimate of drug-likeness (QED) is 0.144. The lowest BCUT2D eigenvalue weighted by atomic mass is 9.88. The summed E-state index contributed by atoms with van der Waals surface area (Å²) >= 11 is 2.37. The average molecular weight is 552 g/mol. The Morgan fingerprint density at radius 1 is 0.788 bits per heavy atom. The van der Waals surface area contributed by atoms with Crippen LogP contribution in [0.5, 0.6) is 5.75 Å². The van der Waals surface area contributed by atoms with E-state index >= 15 is 0 Å². The number of nitrogens with zero attached hydrogens (tertiary/aromatic N) is 1. The number of rotatable bonds is 10. The molecule has 0 radical (unpaired) electrons. The van der Waals surface area contributed by atoms with E-state index in [-0.39, 0.29) is 0 Å². The smallest absolute Gasteiger partial charge is 0.119 e. The van der Waals surface area contributed by atoms with Crippen molar-refractivity contribution in [2.45, 2.75) is 39.0 Å². The van der Waals surface area contributed by atoms with Crippen LogP contribution in [-0.2, 0) is 0 Å². The van der Waals surface area contributed by atoms with Crippen molar-refractivity contribution in [3.8, 4) is 5.75 Å². The minimum atomic E-state index is 0.789. The van der Waals surface area contributed by atoms with Crippen molar-refractivity contribution in [3.05, 3.63) is 99.1 Å². The summed E-state index contributed by atoms with van der Waals surface area (Å²) in [5, 5.41) is 0. The lowest BCUT2D eigenvalue weighted by Gasteiger charge is -2.17. The third-order valence-corrected chi connectivity index (χ3v) is 7.11. The van der Waals surface area contributed by atoms with Crippen LogP contribution in [0.4, 0.5) is 0 Å². The highest BCUT2D eigenvalue weighted by Gasteiger charge is 2.13. The zero-order valence-corrected chi connectivity index (χ0v) is 21.8. The van der Waals surface area contributed by atoms with Crippen molar-refractivity contribution in [1.82, 2.24) is 4.90 Å². The van der Waals surface area contributed by atoms with Crippen LogP contribution in [0.2, 0.25) is 0 Å². The van der Waals surface area contributed by atoms with E-state index in [9.17, 15) is 0 Å². The van der Waals surface area contributed by atoms with Crippen molar-refractivity contribution >= 4 is 33.7 Å². The molecule has 0 aromatic heterocycles. The maximum absolute atomic E-state index is 6.06. The number of hydrogen-bond donors (Lipinski definition) is 0. The first-order valence-corrected chi connectivity index (χ1v) is 13.3. The molecule has 0 saturated carbocycles. The van der Waals surface area contributed by atoms with E-state index in [0.29, 0.717) is 0 Å². The van der Waals surface area contributed by atoms with E-state index in [1.165, 1.54) is 70.3 Å². The molecule has 0 unspecified atom stereocenters. The van der Waals surface area contributed by atoms with Gasteiger partial charge in [0.05, 0.1) is 6.61 Å². The SMILES string of the molecule is CC/C(=C(\c1ccc(I)cc1)c1ccc(OCCCCN2CCCC2)cc1)c1ccccc1. The second-order valence-electron chi connectivity index (χ2n) is 8.71. The molecule has 1 saturated heterocycles. The maximum atomic E-state index is 6.06. The van der Waals surface area contributed by atoms with Gasteiger partial charge >= 0.3 is 0 Å². The summed E-state index contributed by atoms with van der Waals surface area (Å²) in [5.41, 5.74) is 6.45. The van der Waals surface area contributed by atoms with Gasteiger partial charge in [-0.3, -0.25) is 0 Å². The van der Waals surface area contributed by atoms with Gasteiger partial charge in [0.25, 0.3) is 0 Å². The molecule has 172 valence electrons. The molecule has 4 rings (SSSR count). The summed E-state index contributed by atoms with van der Waals surface area (Å²) < 4.78 is 7.31. The van der Waals surface area contributed by atoms with Crippen LogP contribution in [-0.4, -0.2) is 31.1 Å². The average Bonchev–Trinajstić information content (AvgIpc) is 3.38. The Kier molecular flexibility index (Phi) is 9.01. The lowest BCUT2D eigenvalue weighted by Crippen LogP contribution is -2.20. The minimum Gasteiger partial charge on any atom is -0.494 e. The fourth-order valence-corrected chi connectivity index (χ4v) is 5.01. The molecule has 1 aliphatic rings. The lowest BCUT2D eigenvalue weighted by molar-refractivity contribution is 0.280. The molecule has 2 nitrogen and oxygen atoms in total. The van der Waals surface area contributed by atoms with Crippen LogP contribution >= 0.6 is 22.6 Å². The number of benzene rings is 3. The van der Waals surface area contributed by atoms with Gasteiger partial charge in [-0.2, -0.15) is 0 Å². The van der Waals surface area contributed by atoms with Gasteiger partial charge in [-0.1, -0.05) is 61.5 Å². The molecule has 0 amide bonds. The Morgan fingerprint density at radius 2 is 1.42 bits per heavy atom. The molecular weight excluding hydrogens is 517 g/mol. The number of likely N-dealkylation sites (tertiary alicyclic amines) is 1. The highest BCUT2D eigenvalue weighted by atomic mass is 127. The molecule has 3 aromatic rings. The van der Waals surface area contributed by atoms with Crippen LogP contribution in [0.25, 0.3) is 11.1 Å². The van der Waals surface area contributed by atoms with Gasteiger partial charge in [0.15, 0.2) is 0 Å². The number of halogens is 1. The Morgan fingerprint density at radius 3 is 2.06 bits per heavy atom. The molecule has 0 aliphatic carbocycles. The Hall–Kier alpha value is -2.11. The van der Waals surface area contributed by atoms with Crippen LogP contribution in [0, 0.1) is 3.57 Å². The highest BCUT2D eigenvalue weighted by Crippen LogP contribution is 2.35. The van der Waals surface area contributed by atoms with Crippen molar-refractivity contribution in [2.24, 2.45) is 0 Å². The van der Waals surface area contributed by atoms with Crippen LogP contribution in [0.3, 0.4) is 0 Å². The first kappa shape index (κ1) is 24.0. The molecule has 3 aromatic carbocycles. The zero-order valence-electron chi connectivity index (χ0n) is 19.6. The van der Waals surface area contributed by atoms with E-state index in [0.717, 1.165) is 25.2 Å². The number of allylic oxidation sites excluding steroid dienone is 1. The van der Waals surface area contributed by atoms with Crippen LogP contribution in [0.1, 0.15) is 55.7 Å². The fourth-order valence-electron chi connectivity index (χ4n) is 4.65. The van der Waals surface area contributed by atoms with Gasteiger partial charge in [0.1, 0.15) is 5.75 Å². The third kappa shape index (κ3) is 6.70. The molecule has 0 bridgehead atoms. The van der Waals surface area contributed by atoms with E-state index in [4.69, 9.17) is 4.74 Å². The summed E-state index contributed by atoms with van der Waals surface area (Å²) in [6.45, 7) is 6.81. The van der Waals surface area contributed by atoms with Gasteiger partial charge in [-0.05, 0) is 126 Å². The number of hydrogen-bond acceptors (Lipinski definition) is 2. The molecule has 0 spiro atoms. The molecule has 1 fully saturated rings. The molecular formula is C30H34INO. The second kappa shape index (κ2) is 12.4. The largest absolute Gasteiger partial charge is 0.494 e. The summed E-state index contributed by atoms with van der Waals surface area (Å²) in [4.78, 5) is 2.57. The topological polar surface area (TPSA) is 12.5 Å². The van der Waals surface area contributed by atoms with Crippen molar-refractivity contribution < 1.29 is 4.74 Å². The van der Waals surface area contributed by atoms with Gasteiger partial charge in [-0.15, -0.1) is 0 Å². The van der Waals surface area contributed by atoms with Crippen molar-refractivity contribution in [3.63, 3.8) is 0 Å². The Labute approximate surface area is 212 Å². The van der Waals surface area contributed by atoms with E-state index in [1.54, 1.807) is 0 Å². The number of unbranched alkanes of at least 4 members (excludes halogenated alkanes) is 1. The van der Waals surface area contributed by atoms with Crippen molar-refractivity contribution in [1.29, 1.82) is 0 Å². The summed E-state index contributed by atoms with van der Waals surface area (Å²) in [5.74, 6) is 0.958.